The SMILES string of the molecule is C=C1[C@@H]([C@@]2(C)C=CC(=O)O[C@]3(C)COC(=O)C[C@H]23)[C@@H](OC=O)[C@H](OC(=O)C(O)C(C)CC)[C@@]2(C)[C@H](c3ccoc3)C[C@H](OC(C)=O)[C@]12O. The first-order valence-electron chi connectivity index (χ1n) is 16.2. The summed E-state index contributed by atoms with van der Waals surface area (Å²) >= 11 is 0. The molecule has 4 aliphatic rings. The van der Waals surface area contributed by atoms with Gasteiger partial charge in [-0.2, -0.15) is 0 Å². The van der Waals surface area contributed by atoms with Gasteiger partial charge < -0.3 is 38.3 Å². The normalized spacial score (nSPS) is 40.3. The highest BCUT2D eigenvalue weighted by Gasteiger charge is 2.77. The van der Waals surface area contributed by atoms with Crippen LogP contribution in [0.2, 0.25) is 0 Å². The largest absolute Gasteiger partial charge is 0.472 e. The molecule has 1 aromatic rings. The summed E-state index contributed by atoms with van der Waals surface area (Å²) in [5, 5.41) is 24.2. The van der Waals surface area contributed by atoms with Crippen LogP contribution in [0.3, 0.4) is 0 Å². The molecule has 2 saturated carbocycles. The zero-order valence-electron chi connectivity index (χ0n) is 28.0. The minimum Gasteiger partial charge on any atom is -0.472 e. The van der Waals surface area contributed by atoms with Gasteiger partial charge in [0.2, 0.25) is 0 Å². The number of aliphatic hydroxyl groups is 2. The van der Waals surface area contributed by atoms with E-state index in [1.54, 1.807) is 40.7 Å². The first kappa shape index (κ1) is 35.3. The number of carbonyl (C=O) groups excluding carboxylic acids is 5. The number of allylic oxidation sites excluding steroid dienone is 1. The average molecular weight is 673 g/mol. The summed E-state index contributed by atoms with van der Waals surface area (Å²) in [4.78, 5) is 64.4. The molecular weight excluding hydrogens is 628 g/mol. The maximum absolute atomic E-state index is 13.7. The molecule has 5 rings (SSSR count). The smallest absolute Gasteiger partial charge is 0.335 e. The fourth-order valence-corrected chi connectivity index (χ4v) is 8.93. The van der Waals surface area contributed by atoms with E-state index < -0.39 is 94.0 Å². The number of aliphatic hydroxyl groups excluding tert-OH is 1. The van der Waals surface area contributed by atoms with Crippen molar-refractivity contribution in [3.8, 4) is 0 Å². The summed E-state index contributed by atoms with van der Waals surface area (Å²) in [6, 6.07) is 1.67. The lowest BCUT2D eigenvalue weighted by Crippen LogP contribution is -2.71. The van der Waals surface area contributed by atoms with Gasteiger partial charge in [-0.05, 0) is 36.5 Å². The number of furan rings is 1. The van der Waals surface area contributed by atoms with Gasteiger partial charge in [0, 0.05) is 36.2 Å². The Balaban J connectivity index is 1.79. The minimum absolute atomic E-state index is 0.0231. The molecule has 2 aliphatic heterocycles. The summed E-state index contributed by atoms with van der Waals surface area (Å²) < 4.78 is 34.4. The van der Waals surface area contributed by atoms with Crippen molar-refractivity contribution in [2.24, 2.45) is 28.6 Å². The molecule has 1 saturated heterocycles. The molecule has 0 bridgehead atoms. The Morgan fingerprint density at radius 3 is 2.52 bits per heavy atom. The average Bonchev–Trinajstić information content (AvgIpc) is 3.62. The number of carbonyl (C=O) groups is 5. The molecule has 2 aliphatic carbocycles. The highest BCUT2D eigenvalue weighted by atomic mass is 16.6. The van der Waals surface area contributed by atoms with E-state index in [1.807, 2.05) is 0 Å². The van der Waals surface area contributed by atoms with Crippen molar-refractivity contribution in [3.63, 3.8) is 0 Å². The summed E-state index contributed by atoms with van der Waals surface area (Å²) in [7, 11) is 0. The van der Waals surface area contributed by atoms with Crippen LogP contribution in [0, 0.1) is 28.6 Å². The van der Waals surface area contributed by atoms with E-state index in [4.69, 9.17) is 28.1 Å². The number of ether oxygens (including phenoxy) is 5. The van der Waals surface area contributed by atoms with Crippen molar-refractivity contribution >= 4 is 30.3 Å². The molecule has 0 amide bonds. The fraction of sp³-hybridized carbons (Fsp3) is 0.629. The molecule has 0 radical (unpaired) electrons. The standard InChI is InChI=1S/C35H44O13/c1-8-18(2)28(40)31(41)47-30-29(45-17-36)27(32(5)11-9-25(38)48-33(6)16-44-26(39)14-23(32)33)19(3)35(42)24(46-20(4)37)13-22(34(30,35)7)21-10-12-43-15-21/h9-12,15,17-18,22-24,27-30,40,42H,3,8,13-14,16H2,1-2,4-7H3/t18?,22-,23+,24-,27+,28?,29+,30-,32-,33+,34+,35+/m0/s1. The van der Waals surface area contributed by atoms with E-state index in [2.05, 4.69) is 6.58 Å². The summed E-state index contributed by atoms with van der Waals surface area (Å²) in [5.41, 5.74) is -5.87. The van der Waals surface area contributed by atoms with E-state index in [-0.39, 0.29) is 31.5 Å². The third-order valence-corrected chi connectivity index (χ3v) is 11.6. The molecule has 2 N–H and O–H groups in total. The van der Waals surface area contributed by atoms with Crippen LogP contribution in [0.5, 0.6) is 0 Å². The van der Waals surface area contributed by atoms with Crippen LogP contribution in [0.1, 0.15) is 72.3 Å². The number of fused-ring (bicyclic) bond motifs is 2. The maximum atomic E-state index is 13.7. The predicted octanol–water partition coefficient (Wildman–Crippen LogP) is 2.92. The predicted molar refractivity (Wildman–Crippen MR) is 164 cm³/mol. The van der Waals surface area contributed by atoms with Gasteiger partial charge in [0.25, 0.3) is 6.47 Å². The molecular formula is C35H44O13. The monoisotopic (exact) mass is 672 g/mol. The summed E-state index contributed by atoms with van der Waals surface area (Å²) in [6.07, 6.45) is 0.145. The van der Waals surface area contributed by atoms with Crippen molar-refractivity contribution in [3.05, 3.63) is 48.5 Å². The molecule has 2 unspecified atom stereocenters. The molecule has 12 atom stereocenters. The number of hydrogen-bond acceptors (Lipinski definition) is 13. The van der Waals surface area contributed by atoms with E-state index in [0.29, 0.717) is 12.0 Å². The second-order valence-corrected chi connectivity index (χ2v) is 14.2. The first-order valence-corrected chi connectivity index (χ1v) is 16.2. The third kappa shape index (κ3) is 5.26. The quantitative estimate of drug-likeness (QED) is 0.169. The van der Waals surface area contributed by atoms with Crippen LogP contribution in [0.15, 0.2) is 47.3 Å². The molecule has 1 aromatic heterocycles. The van der Waals surface area contributed by atoms with Crippen molar-refractivity contribution in [2.75, 3.05) is 6.61 Å². The Morgan fingerprint density at radius 1 is 1.21 bits per heavy atom. The van der Waals surface area contributed by atoms with Crippen LogP contribution in [0.4, 0.5) is 0 Å². The fourth-order valence-electron chi connectivity index (χ4n) is 8.93. The zero-order valence-corrected chi connectivity index (χ0v) is 28.0. The second-order valence-electron chi connectivity index (χ2n) is 14.2. The topological polar surface area (TPSA) is 185 Å². The van der Waals surface area contributed by atoms with Gasteiger partial charge in [-0.25, -0.2) is 9.59 Å². The van der Waals surface area contributed by atoms with Crippen LogP contribution in [-0.2, 0) is 47.7 Å². The van der Waals surface area contributed by atoms with Gasteiger partial charge >= 0.3 is 23.9 Å². The molecule has 48 heavy (non-hydrogen) atoms. The van der Waals surface area contributed by atoms with Crippen molar-refractivity contribution < 1.29 is 62.3 Å². The van der Waals surface area contributed by atoms with Gasteiger partial charge in [0.15, 0.2) is 6.10 Å². The second kappa shape index (κ2) is 12.5. The lowest BCUT2D eigenvalue weighted by atomic mass is 9.47. The van der Waals surface area contributed by atoms with Gasteiger partial charge in [0.05, 0.1) is 24.4 Å². The van der Waals surface area contributed by atoms with E-state index in [0.717, 1.165) is 0 Å². The molecule has 3 heterocycles. The zero-order chi connectivity index (χ0) is 35.4. The lowest BCUT2D eigenvalue weighted by molar-refractivity contribution is -0.243. The van der Waals surface area contributed by atoms with E-state index >= 15 is 0 Å². The molecule has 13 heteroatoms. The number of hydrogen-bond donors (Lipinski definition) is 2. The Kier molecular flexibility index (Phi) is 9.19. The third-order valence-electron chi connectivity index (χ3n) is 11.6. The van der Waals surface area contributed by atoms with Crippen LogP contribution < -0.4 is 0 Å². The Bertz CT molecular complexity index is 1500. The Morgan fingerprint density at radius 2 is 1.92 bits per heavy atom. The molecule has 262 valence electrons. The van der Waals surface area contributed by atoms with E-state index in [1.165, 1.54) is 31.6 Å². The van der Waals surface area contributed by atoms with Gasteiger partial charge in [-0.15, -0.1) is 0 Å². The molecule has 0 aromatic carbocycles. The van der Waals surface area contributed by atoms with Crippen LogP contribution in [0.25, 0.3) is 0 Å². The van der Waals surface area contributed by atoms with Crippen molar-refractivity contribution in [1.82, 2.24) is 0 Å². The number of cyclic esters (lactones) is 1. The highest BCUT2D eigenvalue weighted by molar-refractivity contribution is 5.83. The van der Waals surface area contributed by atoms with Crippen LogP contribution >= 0.6 is 0 Å². The summed E-state index contributed by atoms with van der Waals surface area (Å²) in [5.74, 6) is -6.21. The van der Waals surface area contributed by atoms with E-state index in [9.17, 15) is 34.2 Å². The first-order chi connectivity index (χ1) is 22.5. The summed E-state index contributed by atoms with van der Waals surface area (Å²) in [6.45, 7) is 13.9. The molecule has 3 fully saturated rings. The minimum atomic E-state index is -2.17. The Labute approximate surface area is 278 Å². The van der Waals surface area contributed by atoms with Crippen molar-refractivity contribution in [2.45, 2.75) is 102 Å². The van der Waals surface area contributed by atoms with Gasteiger partial charge in [-0.1, -0.05) is 46.8 Å². The van der Waals surface area contributed by atoms with Gasteiger partial charge in [-0.3, -0.25) is 14.4 Å². The molecule has 13 nitrogen and oxygen atoms in total. The highest BCUT2D eigenvalue weighted by Crippen LogP contribution is 2.69. The lowest BCUT2D eigenvalue weighted by Gasteiger charge is -2.61. The maximum Gasteiger partial charge on any atom is 0.335 e. The molecule has 0 spiro atoms. The number of rotatable bonds is 9. The number of esters is 4. The van der Waals surface area contributed by atoms with Gasteiger partial charge in [0.1, 0.15) is 36.1 Å². The van der Waals surface area contributed by atoms with Crippen LogP contribution in [-0.4, -0.2) is 82.8 Å². The van der Waals surface area contributed by atoms with Crippen molar-refractivity contribution in [1.29, 1.82) is 0 Å². The Hall–Kier alpha value is -3.97.